The van der Waals surface area contributed by atoms with Crippen molar-refractivity contribution in [3.05, 3.63) is 23.8 Å². The Morgan fingerprint density at radius 1 is 1.42 bits per heavy atom. The number of phenolic OH excluding ortho intramolecular Hbond substituents is 1. The number of aromatic hydroxyl groups is 1. The van der Waals surface area contributed by atoms with E-state index in [2.05, 4.69) is 15.6 Å². The van der Waals surface area contributed by atoms with E-state index in [0.717, 1.165) is 0 Å². The van der Waals surface area contributed by atoms with Crippen LogP contribution in [0.5, 0.6) is 11.5 Å². The highest BCUT2D eigenvalue weighted by atomic mass is 19.4. The van der Waals surface area contributed by atoms with E-state index in [9.17, 15) is 18.3 Å². The summed E-state index contributed by atoms with van der Waals surface area (Å²) in [6.45, 7) is 2.56. The van der Waals surface area contributed by atoms with Gasteiger partial charge in [0.2, 0.25) is 0 Å². The number of aliphatic imine (C=N–C) groups is 1. The molecule has 0 aromatic heterocycles. The van der Waals surface area contributed by atoms with Crippen molar-refractivity contribution in [3.8, 4) is 11.5 Å². The molecule has 0 radical (unpaired) electrons. The number of ether oxygens (including phenoxy) is 1. The normalized spacial score (nSPS) is 18.8. The highest BCUT2D eigenvalue weighted by Crippen LogP contribution is 2.23. The van der Waals surface area contributed by atoms with Gasteiger partial charge in [-0.3, -0.25) is 4.90 Å². The zero-order valence-corrected chi connectivity index (χ0v) is 14.9. The number of phenols is 1. The number of rotatable bonds is 6. The van der Waals surface area contributed by atoms with Gasteiger partial charge >= 0.3 is 6.18 Å². The number of likely N-dealkylation sites (tertiary alicyclic amines) is 1. The van der Waals surface area contributed by atoms with Gasteiger partial charge in [0.05, 0.1) is 20.2 Å². The molecule has 1 aliphatic heterocycles. The Kier molecular flexibility index (Phi) is 6.96. The van der Waals surface area contributed by atoms with Crippen molar-refractivity contribution < 1.29 is 23.0 Å². The average molecular weight is 374 g/mol. The predicted molar refractivity (Wildman–Crippen MR) is 93.5 cm³/mol. The summed E-state index contributed by atoms with van der Waals surface area (Å²) in [5.74, 6) is 1.24. The molecule has 26 heavy (non-hydrogen) atoms. The zero-order valence-electron chi connectivity index (χ0n) is 14.9. The Morgan fingerprint density at radius 3 is 2.85 bits per heavy atom. The number of benzene rings is 1. The molecule has 1 heterocycles. The largest absolute Gasteiger partial charge is 0.508 e. The molecular weight excluding hydrogens is 349 g/mol. The standard InChI is InChI=1S/C17H25F3N4O2/c1-3-21-16(22-9-12-8-14(26-2)4-5-15(12)25)23-13-6-7-24(10-13)11-17(18,19)20/h4-5,8,13,25H,3,6-7,9-11H2,1-2H3,(H2,21,22,23). The number of nitrogens with zero attached hydrogens (tertiary/aromatic N) is 2. The van der Waals surface area contributed by atoms with Gasteiger partial charge in [0, 0.05) is 31.2 Å². The Balaban J connectivity index is 1.97. The number of alkyl halides is 3. The maximum atomic E-state index is 12.5. The van der Waals surface area contributed by atoms with Crippen LogP contribution in [0.4, 0.5) is 13.2 Å². The molecule has 1 aromatic rings. The van der Waals surface area contributed by atoms with Gasteiger partial charge in [-0.05, 0) is 31.5 Å². The Labute approximate surface area is 151 Å². The number of methoxy groups -OCH3 is 1. The average Bonchev–Trinajstić information content (AvgIpc) is 2.99. The zero-order chi connectivity index (χ0) is 19.2. The smallest absolute Gasteiger partial charge is 0.401 e. The minimum absolute atomic E-state index is 0.103. The van der Waals surface area contributed by atoms with Gasteiger partial charge in [-0.2, -0.15) is 13.2 Å². The molecule has 1 atom stereocenters. The van der Waals surface area contributed by atoms with E-state index in [4.69, 9.17) is 4.74 Å². The predicted octanol–water partition coefficient (Wildman–Crippen LogP) is 2.09. The van der Waals surface area contributed by atoms with E-state index in [-0.39, 0.29) is 18.3 Å². The van der Waals surface area contributed by atoms with Crippen LogP contribution in [0.2, 0.25) is 0 Å². The molecule has 1 saturated heterocycles. The molecule has 0 bridgehead atoms. The molecule has 2 rings (SSSR count). The molecule has 0 aliphatic carbocycles. The highest BCUT2D eigenvalue weighted by Gasteiger charge is 2.34. The molecule has 0 amide bonds. The molecule has 0 saturated carbocycles. The SMILES string of the molecule is CCNC(=NCc1cc(OC)ccc1O)NC1CCN(CC(F)(F)F)C1. The second-order valence-electron chi connectivity index (χ2n) is 6.17. The molecule has 1 aromatic carbocycles. The number of hydrogen-bond acceptors (Lipinski definition) is 4. The molecule has 0 spiro atoms. The van der Waals surface area contributed by atoms with Crippen LogP contribution in [0.15, 0.2) is 23.2 Å². The second-order valence-corrected chi connectivity index (χ2v) is 6.17. The van der Waals surface area contributed by atoms with E-state index >= 15 is 0 Å². The minimum Gasteiger partial charge on any atom is -0.508 e. The number of nitrogens with one attached hydrogen (secondary N) is 2. The quantitative estimate of drug-likeness (QED) is 0.526. The minimum atomic E-state index is -4.18. The van der Waals surface area contributed by atoms with Crippen LogP contribution in [0, 0.1) is 0 Å². The topological polar surface area (TPSA) is 69.1 Å². The second kappa shape index (κ2) is 8.98. The van der Waals surface area contributed by atoms with Crippen molar-refractivity contribution in [2.45, 2.75) is 32.1 Å². The van der Waals surface area contributed by atoms with Gasteiger partial charge in [-0.15, -0.1) is 0 Å². The van der Waals surface area contributed by atoms with Gasteiger partial charge in [-0.1, -0.05) is 0 Å². The molecule has 146 valence electrons. The Hall–Kier alpha value is -2.16. The first kappa shape index (κ1) is 20.2. The lowest BCUT2D eigenvalue weighted by molar-refractivity contribution is -0.143. The summed E-state index contributed by atoms with van der Waals surface area (Å²) in [5, 5.41) is 16.2. The first-order valence-corrected chi connectivity index (χ1v) is 8.50. The third kappa shape index (κ3) is 6.29. The van der Waals surface area contributed by atoms with E-state index in [1.54, 1.807) is 12.1 Å². The van der Waals surface area contributed by atoms with Crippen molar-refractivity contribution >= 4 is 5.96 Å². The summed E-state index contributed by atoms with van der Waals surface area (Å²) in [6.07, 6.45) is -3.57. The lowest BCUT2D eigenvalue weighted by atomic mass is 10.2. The van der Waals surface area contributed by atoms with E-state index < -0.39 is 12.7 Å². The van der Waals surface area contributed by atoms with Gasteiger partial charge in [0.25, 0.3) is 0 Å². The van der Waals surface area contributed by atoms with Crippen molar-refractivity contribution in [2.24, 2.45) is 4.99 Å². The third-order valence-electron chi connectivity index (χ3n) is 4.05. The monoisotopic (exact) mass is 374 g/mol. The summed E-state index contributed by atoms with van der Waals surface area (Å²) >= 11 is 0. The fraction of sp³-hybridized carbons (Fsp3) is 0.588. The summed E-state index contributed by atoms with van der Waals surface area (Å²) in [6, 6.07) is 4.78. The lowest BCUT2D eigenvalue weighted by Crippen LogP contribution is -2.45. The van der Waals surface area contributed by atoms with Gasteiger partial charge in [-0.25, -0.2) is 4.99 Å². The Bertz CT molecular complexity index is 623. The number of hydrogen-bond donors (Lipinski definition) is 3. The first-order chi connectivity index (χ1) is 12.3. The van der Waals surface area contributed by atoms with Crippen LogP contribution in [-0.2, 0) is 6.54 Å². The maximum Gasteiger partial charge on any atom is 0.401 e. The summed E-state index contributed by atoms with van der Waals surface area (Å²) in [5.41, 5.74) is 0.603. The number of guanidine groups is 1. The maximum absolute atomic E-state index is 12.5. The van der Waals surface area contributed by atoms with Crippen LogP contribution in [0.3, 0.4) is 0 Å². The van der Waals surface area contributed by atoms with Crippen LogP contribution >= 0.6 is 0 Å². The molecular formula is C17H25F3N4O2. The van der Waals surface area contributed by atoms with E-state index in [1.165, 1.54) is 18.1 Å². The molecule has 6 nitrogen and oxygen atoms in total. The van der Waals surface area contributed by atoms with E-state index in [0.29, 0.717) is 43.3 Å². The first-order valence-electron chi connectivity index (χ1n) is 8.50. The fourth-order valence-corrected chi connectivity index (χ4v) is 2.84. The molecule has 1 unspecified atom stereocenters. The molecule has 1 aliphatic rings. The third-order valence-corrected chi connectivity index (χ3v) is 4.05. The van der Waals surface area contributed by atoms with Crippen molar-refractivity contribution in [1.82, 2.24) is 15.5 Å². The number of halogens is 3. The highest BCUT2D eigenvalue weighted by molar-refractivity contribution is 5.80. The van der Waals surface area contributed by atoms with Crippen LogP contribution in [-0.4, -0.2) is 61.5 Å². The fourth-order valence-electron chi connectivity index (χ4n) is 2.84. The van der Waals surface area contributed by atoms with E-state index in [1.807, 2.05) is 6.92 Å². The van der Waals surface area contributed by atoms with Gasteiger partial charge < -0.3 is 20.5 Å². The summed E-state index contributed by atoms with van der Waals surface area (Å²) in [4.78, 5) is 5.81. The van der Waals surface area contributed by atoms with Crippen LogP contribution in [0.1, 0.15) is 18.9 Å². The van der Waals surface area contributed by atoms with Crippen LogP contribution < -0.4 is 15.4 Å². The van der Waals surface area contributed by atoms with Crippen LogP contribution in [0.25, 0.3) is 0 Å². The molecule has 1 fully saturated rings. The van der Waals surface area contributed by atoms with Crippen molar-refractivity contribution in [1.29, 1.82) is 0 Å². The molecule has 3 N–H and O–H groups in total. The van der Waals surface area contributed by atoms with Crippen molar-refractivity contribution in [3.63, 3.8) is 0 Å². The summed E-state index contributed by atoms with van der Waals surface area (Å²) in [7, 11) is 1.54. The van der Waals surface area contributed by atoms with Crippen molar-refractivity contribution in [2.75, 3.05) is 33.3 Å². The summed E-state index contributed by atoms with van der Waals surface area (Å²) < 4.78 is 42.6. The van der Waals surface area contributed by atoms with Gasteiger partial charge in [0.1, 0.15) is 11.5 Å². The lowest BCUT2D eigenvalue weighted by Gasteiger charge is -2.19. The van der Waals surface area contributed by atoms with Gasteiger partial charge in [0.15, 0.2) is 5.96 Å². The Morgan fingerprint density at radius 2 is 2.19 bits per heavy atom. The molecule has 9 heteroatoms.